The largest absolute Gasteiger partial charge is 0.382 e. The summed E-state index contributed by atoms with van der Waals surface area (Å²) in [6.45, 7) is 3.55. The Balaban J connectivity index is 2.38. The van der Waals surface area contributed by atoms with Crippen LogP contribution in [0.4, 0.5) is 5.69 Å². The number of methoxy groups -OCH3 is 1. The van der Waals surface area contributed by atoms with E-state index in [1.165, 1.54) is 0 Å². The second kappa shape index (κ2) is 11.9. The van der Waals surface area contributed by atoms with Gasteiger partial charge in [0.2, 0.25) is 5.91 Å². The minimum Gasteiger partial charge on any atom is -0.382 e. The van der Waals surface area contributed by atoms with E-state index in [2.05, 4.69) is 11.4 Å². The third kappa shape index (κ3) is 8.60. The van der Waals surface area contributed by atoms with Crippen LogP contribution >= 0.6 is 11.8 Å². The molecule has 0 fully saturated rings. The fourth-order valence-corrected chi connectivity index (χ4v) is 2.69. The van der Waals surface area contributed by atoms with Gasteiger partial charge in [-0.05, 0) is 25.5 Å². The van der Waals surface area contributed by atoms with Gasteiger partial charge in [-0.1, -0.05) is 12.1 Å². The maximum Gasteiger partial charge on any atom is 0.224 e. The summed E-state index contributed by atoms with van der Waals surface area (Å²) < 4.78 is 10.2. The molecule has 1 amide bonds. The van der Waals surface area contributed by atoms with E-state index in [4.69, 9.17) is 14.7 Å². The topological polar surface area (TPSA) is 71.3 Å². The van der Waals surface area contributed by atoms with Crippen LogP contribution in [0.5, 0.6) is 0 Å². The number of rotatable bonds is 11. The molecule has 0 spiro atoms. The number of hydrogen-bond donors (Lipinski definition) is 1. The van der Waals surface area contributed by atoms with Crippen LogP contribution in [0.3, 0.4) is 0 Å². The van der Waals surface area contributed by atoms with Crippen LogP contribution in [0, 0.1) is 17.2 Å². The number of thioether (sulfide) groups is 1. The molecule has 0 radical (unpaired) electrons. The summed E-state index contributed by atoms with van der Waals surface area (Å²) >= 11 is 1.58. The molecule has 0 unspecified atom stereocenters. The van der Waals surface area contributed by atoms with Gasteiger partial charge in [0.1, 0.15) is 0 Å². The normalized spacial score (nSPS) is 11.7. The van der Waals surface area contributed by atoms with Crippen molar-refractivity contribution in [2.75, 3.05) is 38.0 Å². The molecule has 0 bridgehead atoms. The molecule has 23 heavy (non-hydrogen) atoms. The van der Waals surface area contributed by atoms with E-state index < -0.39 is 0 Å². The van der Waals surface area contributed by atoms with Crippen molar-refractivity contribution < 1.29 is 14.3 Å². The lowest BCUT2D eigenvalue weighted by Gasteiger charge is -2.11. The molecule has 0 saturated heterocycles. The number of amides is 1. The van der Waals surface area contributed by atoms with Crippen LogP contribution in [0.25, 0.3) is 0 Å². The van der Waals surface area contributed by atoms with Crippen molar-refractivity contribution in [2.45, 2.75) is 24.7 Å². The Labute approximate surface area is 142 Å². The van der Waals surface area contributed by atoms with Gasteiger partial charge in [0, 0.05) is 30.8 Å². The standard InChI is InChI=1S/C17H24N2O3S/c1-14(12-18)13-23-16-7-4-3-6-15(16)19-17(20)8-5-9-22-11-10-21-2/h3-4,6-7,14H,5,8-11,13H2,1-2H3,(H,19,20)/t14-/m0/s1. The summed E-state index contributed by atoms with van der Waals surface area (Å²) in [5, 5.41) is 11.8. The maximum absolute atomic E-state index is 12.0. The quantitative estimate of drug-likeness (QED) is 0.496. The monoisotopic (exact) mass is 336 g/mol. The van der Waals surface area contributed by atoms with E-state index in [0.717, 1.165) is 10.6 Å². The number of anilines is 1. The molecule has 1 aromatic carbocycles. The first-order valence-corrected chi connectivity index (χ1v) is 8.64. The minimum atomic E-state index is -0.0262. The van der Waals surface area contributed by atoms with Crippen LogP contribution in [0.2, 0.25) is 0 Å². The molecule has 1 N–H and O–H groups in total. The zero-order valence-electron chi connectivity index (χ0n) is 13.7. The molecular weight excluding hydrogens is 312 g/mol. The predicted molar refractivity (Wildman–Crippen MR) is 92.5 cm³/mol. The number of carbonyl (C=O) groups is 1. The lowest BCUT2D eigenvalue weighted by Crippen LogP contribution is -2.13. The smallest absolute Gasteiger partial charge is 0.224 e. The van der Waals surface area contributed by atoms with Gasteiger partial charge >= 0.3 is 0 Å². The van der Waals surface area contributed by atoms with Gasteiger partial charge in [0.05, 0.1) is 30.9 Å². The van der Waals surface area contributed by atoms with Crippen molar-refractivity contribution >= 4 is 23.4 Å². The fourth-order valence-electron chi connectivity index (χ4n) is 1.74. The van der Waals surface area contributed by atoms with Gasteiger partial charge < -0.3 is 14.8 Å². The molecule has 1 rings (SSSR count). The number of carbonyl (C=O) groups excluding carboxylic acids is 1. The van der Waals surface area contributed by atoms with E-state index in [1.54, 1.807) is 18.9 Å². The van der Waals surface area contributed by atoms with Crippen molar-refractivity contribution in [1.29, 1.82) is 5.26 Å². The predicted octanol–water partition coefficient (Wildman–Crippen LogP) is 3.32. The number of nitriles is 1. The molecule has 0 saturated carbocycles. The highest BCUT2D eigenvalue weighted by molar-refractivity contribution is 7.99. The second-order valence-electron chi connectivity index (χ2n) is 5.09. The number of nitrogens with zero attached hydrogens (tertiary/aromatic N) is 1. The van der Waals surface area contributed by atoms with Gasteiger partial charge in [0.15, 0.2) is 0 Å². The maximum atomic E-state index is 12.0. The zero-order valence-corrected chi connectivity index (χ0v) is 14.5. The van der Waals surface area contributed by atoms with Crippen LogP contribution in [-0.2, 0) is 14.3 Å². The first kappa shape index (κ1) is 19.5. The van der Waals surface area contributed by atoms with Crippen molar-refractivity contribution in [3.05, 3.63) is 24.3 Å². The van der Waals surface area contributed by atoms with E-state index in [-0.39, 0.29) is 11.8 Å². The van der Waals surface area contributed by atoms with Gasteiger partial charge in [-0.3, -0.25) is 4.79 Å². The van der Waals surface area contributed by atoms with Crippen LogP contribution in [0.1, 0.15) is 19.8 Å². The second-order valence-corrected chi connectivity index (χ2v) is 6.16. The molecule has 0 aliphatic heterocycles. The highest BCUT2D eigenvalue weighted by Crippen LogP contribution is 2.28. The zero-order chi connectivity index (χ0) is 16.9. The first-order valence-electron chi connectivity index (χ1n) is 7.65. The lowest BCUT2D eigenvalue weighted by molar-refractivity contribution is -0.116. The van der Waals surface area contributed by atoms with Gasteiger partial charge in [0.25, 0.3) is 0 Å². The molecule has 5 nitrogen and oxygen atoms in total. The summed E-state index contributed by atoms with van der Waals surface area (Å²) in [6, 6.07) is 9.87. The molecule has 1 atom stereocenters. The van der Waals surface area contributed by atoms with Crippen molar-refractivity contribution in [2.24, 2.45) is 5.92 Å². The molecular formula is C17H24N2O3S. The van der Waals surface area contributed by atoms with Gasteiger partial charge in [-0.25, -0.2) is 0 Å². The summed E-state index contributed by atoms with van der Waals surface area (Å²) in [5.74, 6) is 0.659. The highest BCUT2D eigenvalue weighted by atomic mass is 32.2. The van der Waals surface area contributed by atoms with Crippen LogP contribution in [0.15, 0.2) is 29.2 Å². The number of hydrogen-bond acceptors (Lipinski definition) is 5. The third-order valence-corrected chi connectivity index (χ3v) is 4.33. The Morgan fingerprint density at radius 1 is 1.35 bits per heavy atom. The van der Waals surface area contributed by atoms with Gasteiger partial charge in [-0.2, -0.15) is 5.26 Å². The average Bonchev–Trinajstić information content (AvgIpc) is 2.57. The summed E-state index contributed by atoms with van der Waals surface area (Å²) in [4.78, 5) is 13.0. The number of nitrogens with one attached hydrogen (secondary N) is 1. The van der Waals surface area contributed by atoms with Crippen LogP contribution in [-0.4, -0.2) is 38.6 Å². The Morgan fingerprint density at radius 3 is 2.87 bits per heavy atom. The molecule has 0 aromatic heterocycles. The third-order valence-electron chi connectivity index (χ3n) is 2.99. The Hall–Kier alpha value is -1.55. The van der Waals surface area contributed by atoms with E-state index in [1.807, 2.05) is 31.2 Å². The number of ether oxygens (including phenoxy) is 2. The molecule has 6 heteroatoms. The summed E-state index contributed by atoms with van der Waals surface area (Å²) in [6.07, 6.45) is 1.09. The number of para-hydroxylation sites is 1. The Bertz CT molecular complexity index is 517. The molecule has 126 valence electrons. The van der Waals surface area contributed by atoms with E-state index >= 15 is 0 Å². The summed E-state index contributed by atoms with van der Waals surface area (Å²) in [5.41, 5.74) is 0.799. The first-order chi connectivity index (χ1) is 11.2. The molecule has 0 aliphatic rings. The number of benzene rings is 1. The van der Waals surface area contributed by atoms with Crippen molar-refractivity contribution in [1.82, 2.24) is 0 Å². The van der Waals surface area contributed by atoms with Crippen LogP contribution < -0.4 is 5.32 Å². The summed E-state index contributed by atoms with van der Waals surface area (Å²) in [7, 11) is 1.63. The van der Waals surface area contributed by atoms with Crippen molar-refractivity contribution in [3.8, 4) is 6.07 Å². The average molecular weight is 336 g/mol. The van der Waals surface area contributed by atoms with Gasteiger partial charge in [-0.15, -0.1) is 11.8 Å². The van der Waals surface area contributed by atoms with E-state index in [0.29, 0.717) is 38.4 Å². The van der Waals surface area contributed by atoms with E-state index in [9.17, 15) is 4.79 Å². The molecule has 0 aliphatic carbocycles. The van der Waals surface area contributed by atoms with Crippen molar-refractivity contribution in [3.63, 3.8) is 0 Å². The lowest BCUT2D eigenvalue weighted by atomic mass is 10.2. The Morgan fingerprint density at radius 2 is 2.13 bits per heavy atom. The molecule has 1 aromatic rings. The minimum absolute atomic E-state index is 0.0204. The fraction of sp³-hybridized carbons (Fsp3) is 0.529. The SMILES string of the molecule is COCCOCCCC(=O)Nc1ccccc1SC[C@@H](C)C#N. The Kier molecular flexibility index (Phi) is 10.1. The highest BCUT2D eigenvalue weighted by Gasteiger charge is 2.08. The molecule has 0 heterocycles.